The number of hydrogen-bond donors (Lipinski definition) is 2. The second-order valence-electron chi connectivity index (χ2n) is 7.14. The summed E-state index contributed by atoms with van der Waals surface area (Å²) in [6.07, 6.45) is 4.05. The predicted octanol–water partition coefficient (Wildman–Crippen LogP) is 4.21. The number of likely N-dealkylation sites (tertiary alicyclic amines) is 1. The van der Waals surface area contributed by atoms with Crippen molar-refractivity contribution >= 4 is 28.3 Å². The van der Waals surface area contributed by atoms with Gasteiger partial charge < -0.3 is 15.1 Å². The topological polar surface area (TPSA) is 57.5 Å². The lowest BCUT2D eigenvalue weighted by Crippen LogP contribution is -2.43. The molecule has 0 aliphatic carbocycles. The molecule has 1 fully saturated rings. The molecule has 0 saturated carbocycles. The number of nitrogens with one attached hydrogen (secondary N) is 2. The Morgan fingerprint density at radius 2 is 2.19 bits per heavy atom. The van der Waals surface area contributed by atoms with E-state index in [0.29, 0.717) is 12.5 Å². The molecule has 1 atom stereocenters. The molecule has 0 bridgehead atoms. The first kappa shape index (κ1) is 18.1. The van der Waals surface area contributed by atoms with Gasteiger partial charge in [0.25, 0.3) is 0 Å². The molecule has 4 rings (SSSR count). The number of amides is 2. The highest BCUT2D eigenvalue weighted by Gasteiger charge is 2.20. The van der Waals surface area contributed by atoms with E-state index in [2.05, 4.69) is 33.0 Å². The van der Waals surface area contributed by atoms with Crippen molar-refractivity contribution in [2.24, 2.45) is 5.92 Å². The van der Waals surface area contributed by atoms with Gasteiger partial charge in [0.2, 0.25) is 0 Å². The molecule has 2 N–H and O–H groups in total. The maximum atomic E-state index is 12.2. The molecule has 2 aromatic heterocycles. The van der Waals surface area contributed by atoms with E-state index in [1.807, 2.05) is 35.6 Å². The second kappa shape index (κ2) is 8.59. The van der Waals surface area contributed by atoms with Crippen LogP contribution in [0.25, 0.3) is 11.0 Å². The molecular formula is C21H25N3O2S. The number of furan rings is 1. The van der Waals surface area contributed by atoms with Crippen LogP contribution >= 0.6 is 11.3 Å². The molecule has 27 heavy (non-hydrogen) atoms. The van der Waals surface area contributed by atoms with E-state index in [0.717, 1.165) is 42.7 Å². The molecule has 1 aromatic carbocycles. The lowest BCUT2D eigenvalue weighted by molar-refractivity contribution is 0.166. The van der Waals surface area contributed by atoms with Gasteiger partial charge in [-0.3, -0.25) is 4.90 Å². The van der Waals surface area contributed by atoms with E-state index < -0.39 is 0 Å². The van der Waals surface area contributed by atoms with Gasteiger partial charge in [0, 0.05) is 36.4 Å². The highest BCUT2D eigenvalue weighted by atomic mass is 32.1. The third-order valence-electron chi connectivity index (χ3n) is 5.14. The summed E-state index contributed by atoms with van der Waals surface area (Å²) in [7, 11) is 0. The summed E-state index contributed by atoms with van der Waals surface area (Å²) >= 11 is 1.81. The van der Waals surface area contributed by atoms with E-state index in [1.165, 1.54) is 17.7 Å². The Balaban J connectivity index is 1.22. The van der Waals surface area contributed by atoms with Gasteiger partial charge in [-0.15, -0.1) is 11.3 Å². The van der Waals surface area contributed by atoms with Crippen molar-refractivity contribution in [2.45, 2.75) is 25.9 Å². The summed E-state index contributed by atoms with van der Waals surface area (Å²) in [5, 5.41) is 9.19. The van der Waals surface area contributed by atoms with Crippen LogP contribution in [0.4, 0.5) is 4.79 Å². The molecule has 5 nitrogen and oxygen atoms in total. The summed E-state index contributed by atoms with van der Waals surface area (Å²) < 4.78 is 5.41. The van der Waals surface area contributed by atoms with Crippen molar-refractivity contribution in [3.63, 3.8) is 0 Å². The Labute approximate surface area is 163 Å². The third-order valence-corrected chi connectivity index (χ3v) is 6.00. The normalized spacial score (nSPS) is 17.9. The van der Waals surface area contributed by atoms with Crippen LogP contribution in [0.5, 0.6) is 0 Å². The Bertz CT molecular complexity index is 875. The molecule has 3 heterocycles. The van der Waals surface area contributed by atoms with Crippen molar-refractivity contribution in [1.82, 2.24) is 15.5 Å². The van der Waals surface area contributed by atoms with Crippen LogP contribution in [-0.4, -0.2) is 30.6 Å². The maximum absolute atomic E-state index is 12.2. The fourth-order valence-electron chi connectivity index (χ4n) is 3.77. The van der Waals surface area contributed by atoms with Crippen molar-refractivity contribution in [3.05, 3.63) is 58.5 Å². The quantitative estimate of drug-likeness (QED) is 0.670. The minimum absolute atomic E-state index is 0.106. The van der Waals surface area contributed by atoms with E-state index in [9.17, 15) is 4.79 Å². The lowest BCUT2D eigenvalue weighted by Gasteiger charge is -2.32. The van der Waals surface area contributed by atoms with E-state index >= 15 is 0 Å². The monoisotopic (exact) mass is 383 g/mol. The first-order valence-corrected chi connectivity index (χ1v) is 10.4. The molecule has 1 unspecified atom stereocenters. The van der Waals surface area contributed by atoms with Crippen LogP contribution in [0.15, 0.2) is 52.5 Å². The molecule has 2 amide bonds. The smallest absolute Gasteiger partial charge is 0.315 e. The number of carbonyl (C=O) groups excluding carboxylic acids is 1. The molecule has 3 aromatic rings. The SMILES string of the molecule is O=C(NCc1cccc2occc12)NCC1CCCN(Cc2cccs2)C1. The Morgan fingerprint density at radius 3 is 3.07 bits per heavy atom. The van der Waals surface area contributed by atoms with Crippen molar-refractivity contribution in [3.8, 4) is 0 Å². The predicted molar refractivity (Wildman–Crippen MR) is 109 cm³/mol. The minimum Gasteiger partial charge on any atom is -0.464 e. The Kier molecular flexibility index (Phi) is 5.75. The summed E-state index contributed by atoms with van der Waals surface area (Å²) in [5.74, 6) is 0.516. The zero-order chi connectivity index (χ0) is 18.5. The average Bonchev–Trinajstić information content (AvgIpc) is 3.37. The summed E-state index contributed by atoms with van der Waals surface area (Å²) in [6.45, 7) is 4.44. The molecule has 0 radical (unpaired) electrons. The van der Waals surface area contributed by atoms with Gasteiger partial charge in [-0.1, -0.05) is 18.2 Å². The molecule has 1 aliphatic heterocycles. The number of urea groups is 1. The summed E-state index contributed by atoms with van der Waals surface area (Å²) in [5.41, 5.74) is 1.92. The van der Waals surface area contributed by atoms with Crippen molar-refractivity contribution in [1.29, 1.82) is 0 Å². The minimum atomic E-state index is -0.106. The van der Waals surface area contributed by atoms with Crippen LogP contribution < -0.4 is 10.6 Å². The summed E-state index contributed by atoms with van der Waals surface area (Å²) in [6, 6.07) is 12.0. The van der Waals surface area contributed by atoms with E-state index in [-0.39, 0.29) is 6.03 Å². The number of piperidine rings is 1. The third kappa shape index (κ3) is 4.70. The first-order chi connectivity index (χ1) is 13.3. The molecule has 1 saturated heterocycles. The van der Waals surface area contributed by atoms with Crippen LogP contribution in [0, 0.1) is 5.92 Å². The van der Waals surface area contributed by atoms with Crippen LogP contribution in [-0.2, 0) is 13.1 Å². The van der Waals surface area contributed by atoms with Gasteiger partial charge in [-0.05, 0) is 54.4 Å². The van der Waals surface area contributed by atoms with Crippen LogP contribution in [0.1, 0.15) is 23.3 Å². The fourth-order valence-corrected chi connectivity index (χ4v) is 4.52. The highest BCUT2D eigenvalue weighted by Crippen LogP contribution is 2.21. The van der Waals surface area contributed by atoms with E-state index in [1.54, 1.807) is 6.26 Å². The number of carbonyl (C=O) groups is 1. The Morgan fingerprint density at radius 1 is 1.22 bits per heavy atom. The molecule has 142 valence electrons. The largest absolute Gasteiger partial charge is 0.464 e. The lowest BCUT2D eigenvalue weighted by atomic mass is 9.98. The van der Waals surface area contributed by atoms with Gasteiger partial charge in [0.05, 0.1) is 6.26 Å². The van der Waals surface area contributed by atoms with Crippen LogP contribution in [0.3, 0.4) is 0 Å². The molecule has 0 spiro atoms. The zero-order valence-electron chi connectivity index (χ0n) is 15.3. The first-order valence-electron chi connectivity index (χ1n) is 9.49. The number of nitrogens with zero attached hydrogens (tertiary/aromatic N) is 1. The number of benzene rings is 1. The van der Waals surface area contributed by atoms with Crippen LogP contribution in [0.2, 0.25) is 0 Å². The van der Waals surface area contributed by atoms with Gasteiger partial charge in [0.1, 0.15) is 5.58 Å². The molecular weight excluding hydrogens is 358 g/mol. The molecule has 1 aliphatic rings. The number of fused-ring (bicyclic) bond motifs is 1. The van der Waals surface area contributed by atoms with Gasteiger partial charge in [-0.25, -0.2) is 4.79 Å². The fraction of sp³-hybridized carbons (Fsp3) is 0.381. The van der Waals surface area contributed by atoms with Gasteiger partial charge >= 0.3 is 6.03 Å². The zero-order valence-corrected chi connectivity index (χ0v) is 16.1. The Hall–Kier alpha value is -2.31. The second-order valence-corrected chi connectivity index (χ2v) is 8.17. The van der Waals surface area contributed by atoms with E-state index in [4.69, 9.17) is 4.42 Å². The average molecular weight is 384 g/mol. The van der Waals surface area contributed by atoms with Crippen molar-refractivity contribution < 1.29 is 9.21 Å². The van der Waals surface area contributed by atoms with Crippen molar-refractivity contribution in [2.75, 3.05) is 19.6 Å². The number of thiophene rings is 1. The summed E-state index contributed by atoms with van der Waals surface area (Å²) in [4.78, 5) is 16.1. The number of hydrogen-bond acceptors (Lipinski definition) is 4. The molecule has 6 heteroatoms. The maximum Gasteiger partial charge on any atom is 0.315 e. The van der Waals surface area contributed by atoms with Gasteiger partial charge in [0.15, 0.2) is 0 Å². The standard InChI is InChI=1S/C21H25N3O2S/c25-21(23-13-17-5-1-7-20-19(17)8-10-26-20)22-12-16-4-2-9-24(14-16)15-18-6-3-11-27-18/h1,3,5-8,10-11,16H,2,4,9,12-15H2,(H2,22,23,25). The number of rotatable bonds is 6. The van der Waals surface area contributed by atoms with Gasteiger partial charge in [-0.2, -0.15) is 0 Å². The highest BCUT2D eigenvalue weighted by molar-refractivity contribution is 7.09.